The normalized spacial score (nSPS) is 14.8. The predicted molar refractivity (Wildman–Crippen MR) is 159 cm³/mol. The number of hydrogen-bond donors (Lipinski definition) is 2. The van der Waals surface area contributed by atoms with Crippen LogP contribution in [0.5, 0.6) is 0 Å². The summed E-state index contributed by atoms with van der Waals surface area (Å²) in [6, 6.07) is 3.74. The molecule has 0 radical (unpaired) electrons. The summed E-state index contributed by atoms with van der Waals surface area (Å²) in [6.07, 6.45) is 11.6. The van der Waals surface area contributed by atoms with Crippen LogP contribution in [0.2, 0.25) is 0 Å². The lowest BCUT2D eigenvalue weighted by molar-refractivity contribution is -0.137. The number of nitrogens with zero attached hydrogens (tertiary/aromatic N) is 3. The number of anilines is 1. The van der Waals surface area contributed by atoms with Crippen molar-refractivity contribution in [1.82, 2.24) is 14.3 Å². The molecule has 1 amide bonds. The van der Waals surface area contributed by atoms with Crippen molar-refractivity contribution in [1.29, 1.82) is 0 Å². The minimum absolute atomic E-state index is 0.165. The van der Waals surface area contributed by atoms with E-state index in [4.69, 9.17) is 17.3 Å². The molecule has 0 saturated carbocycles. The molecule has 2 aromatic rings. The summed E-state index contributed by atoms with van der Waals surface area (Å²) in [6.45, 7) is 7.30. The van der Waals surface area contributed by atoms with Crippen molar-refractivity contribution in [3.05, 3.63) is 44.7 Å². The second kappa shape index (κ2) is 14.4. The SMILES string of the molecule is Cc1ccc2nc(NCC(C)C)c(C=C3SC(=S)N(CCCCCCCCCCC(=O)O)C3=O)c(=O)n2c1. The lowest BCUT2D eigenvalue weighted by Gasteiger charge is -2.14. The number of thioether (sulfide) groups is 1. The Hall–Kier alpha value is -2.72. The summed E-state index contributed by atoms with van der Waals surface area (Å²) in [4.78, 5) is 43.9. The van der Waals surface area contributed by atoms with Crippen LogP contribution in [0.25, 0.3) is 11.7 Å². The number of carbonyl (C=O) groups excluding carboxylic acids is 1. The van der Waals surface area contributed by atoms with Gasteiger partial charge in [0.1, 0.15) is 15.8 Å². The summed E-state index contributed by atoms with van der Waals surface area (Å²) < 4.78 is 2.04. The van der Waals surface area contributed by atoms with Gasteiger partial charge in [-0.1, -0.05) is 82.4 Å². The topological polar surface area (TPSA) is 104 Å². The molecule has 0 aliphatic carbocycles. The second-order valence-corrected chi connectivity index (χ2v) is 11.9. The number of nitrogens with one attached hydrogen (secondary N) is 1. The number of hydrogen-bond acceptors (Lipinski definition) is 7. The number of carboxylic acids is 1. The van der Waals surface area contributed by atoms with Gasteiger partial charge in [-0.2, -0.15) is 0 Å². The molecule has 1 aliphatic rings. The zero-order chi connectivity index (χ0) is 27.7. The molecule has 3 rings (SSSR count). The highest BCUT2D eigenvalue weighted by Gasteiger charge is 2.32. The van der Waals surface area contributed by atoms with Crippen LogP contribution in [-0.2, 0) is 9.59 Å². The number of fused-ring (bicyclic) bond motifs is 1. The fraction of sp³-hybridized carbons (Fsp3) is 0.536. The van der Waals surface area contributed by atoms with Gasteiger partial charge in [-0.25, -0.2) is 4.98 Å². The Morgan fingerprint density at radius 2 is 1.76 bits per heavy atom. The largest absolute Gasteiger partial charge is 0.481 e. The summed E-state index contributed by atoms with van der Waals surface area (Å²) >= 11 is 6.74. The second-order valence-electron chi connectivity index (χ2n) is 10.2. The zero-order valence-electron chi connectivity index (χ0n) is 22.5. The molecule has 1 saturated heterocycles. The van der Waals surface area contributed by atoms with Crippen molar-refractivity contribution >= 4 is 57.7 Å². The smallest absolute Gasteiger partial charge is 0.303 e. The predicted octanol–water partition coefficient (Wildman–Crippen LogP) is 5.87. The lowest BCUT2D eigenvalue weighted by atomic mass is 10.1. The van der Waals surface area contributed by atoms with Gasteiger partial charge in [0.25, 0.3) is 11.5 Å². The average molecular weight is 559 g/mol. The molecule has 10 heteroatoms. The quantitative estimate of drug-likeness (QED) is 0.159. The Morgan fingerprint density at radius 3 is 2.42 bits per heavy atom. The van der Waals surface area contributed by atoms with Crippen molar-refractivity contribution in [3.63, 3.8) is 0 Å². The molecule has 1 fully saturated rings. The number of carbonyl (C=O) groups is 2. The molecule has 1 aliphatic heterocycles. The van der Waals surface area contributed by atoms with Crippen molar-refractivity contribution in [2.24, 2.45) is 5.92 Å². The van der Waals surface area contributed by atoms with E-state index in [1.54, 1.807) is 17.2 Å². The molecule has 0 spiro atoms. The van der Waals surface area contributed by atoms with Crippen LogP contribution in [0, 0.1) is 12.8 Å². The van der Waals surface area contributed by atoms with Gasteiger partial charge >= 0.3 is 5.97 Å². The minimum atomic E-state index is -0.727. The molecular weight excluding hydrogens is 520 g/mol. The molecule has 2 N–H and O–H groups in total. The maximum Gasteiger partial charge on any atom is 0.303 e. The van der Waals surface area contributed by atoms with Crippen LogP contribution in [0.4, 0.5) is 5.82 Å². The fourth-order valence-corrected chi connectivity index (χ4v) is 5.55. The third-order valence-electron chi connectivity index (χ3n) is 6.35. The highest BCUT2D eigenvalue weighted by Crippen LogP contribution is 2.33. The first kappa shape index (κ1) is 29.8. The van der Waals surface area contributed by atoms with Crippen LogP contribution in [0.15, 0.2) is 28.0 Å². The van der Waals surface area contributed by atoms with E-state index in [0.29, 0.717) is 45.3 Å². The van der Waals surface area contributed by atoms with Crippen molar-refractivity contribution < 1.29 is 14.7 Å². The van der Waals surface area contributed by atoms with Crippen LogP contribution in [0.1, 0.15) is 82.8 Å². The van der Waals surface area contributed by atoms with Gasteiger partial charge in [0.05, 0.1) is 10.5 Å². The van der Waals surface area contributed by atoms with Gasteiger partial charge in [-0.15, -0.1) is 0 Å². The number of carboxylic acid groups (broad SMARTS) is 1. The van der Waals surface area contributed by atoms with Crippen LogP contribution in [0.3, 0.4) is 0 Å². The van der Waals surface area contributed by atoms with E-state index >= 15 is 0 Å². The monoisotopic (exact) mass is 558 g/mol. The molecule has 0 bridgehead atoms. The van der Waals surface area contributed by atoms with Gasteiger partial charge in [0, 0.05) is 25.7 Å². The minimum Gasteiger partial charge on any atom is -0.481 e. The highest BCUT2D eigenvalue weighted by molar-refractivity contribution is 8.26. The first-order valence-electron chi connectivity index (χ1n) is 13.4. The fourth-order valence-electron chi connectivity index (χ4n) is 4.26. The number of amides is 1. The highest BCUT2D eigenvalue weighted by atomic mass is 32.2. The van der Waals surface area contributed by atoms with E-state index in [9.17, 15) is 14.4 Å². The Kier molecular flexibility index (Phi) is 11.3. The Labute approximate surface area is 233 Å². The van der Waals surface area contributed by atoms with Gasteiger partial charge in [0.15, 0.2) is 0 Å². The average Bonchev–Trinajstić information content (AvgIpc) is 3.13. The van der Waals surface area contributed by atoms with Gasteiger partial charge in [-0.3, -0.25) is 23.7 Å². The van der Waals surface area contributed by atoms with E-state index in [-0.39, 0.29) is 17.9 Å². The van der Waals surface area contributed by atoms with Crippen molar-refractivity contribution in [2.45, 2.75) is 78.6 Å². The Morgan fingerprint density at radius 1 is 1.11 bits per heavy atom. The molecule has 2 aromatic heterocycles. The number of aryl methyl sites for hydroxylation is 1. The van der Waals surface area contributed by atoms with Crippen molar-refractivity contribution in [3.8, 4) is 0 Å². The maximum atomic E-state index is 13.4. The first-order chi connectivity index (χ1) is 18.2. The number of unbranched alkanes of at least 4 members (excludes halogenated alkanes) is 7. The van der Waals surface area contributed by atoms with E-state index in [0.717, 1.165) is 56.9 Å². The van der Waals surface area contributed by atoms with Crippen molar-refractivity contribution in [2.75, 3.05) is 18.4 Å². The standard InChI is InChI=1S/C28H38N4O4S2/c1-19(2)17-29-25-21(26(35)32-18-20(3)13-14-23(32)30-25)16-22-27(36)31(28(37)38-22)15-11-9-7-5-4-6-8-10-12-24(33)34/h13-14,16,18-19,29H,4-12,15,17H2,1-3H3,(H,33,34). The van der Waals surface area contributed by atoms with Crippen LogP contribution in [-0.4, -0.2) is 48.7 Å². The Bertz CT molecular complexity index is 1260. The third kappa shape index (κ3) is 8.39. The molecule has 8 nitrogen and oxygen atoms in total. The summed E-state index contributed by atoms with van der Waals surface area (Å²) in [5.41, 5.74) is 1.63. The molecule has 0 atom stereocenters. The van der Waals surface area contributed by atoms with Crippen LogP contribution >= 0.6 is 24.0 Å². The molecule has 0 aromatic carbocycles. The van der Waals surface area contributed by atoms with Crippen LogP contribution < -0.4 is 10.9 Å². The number of rotatable bonds is 15. The number of thiocarbonyl (C=S) groups is 1. The summed E-state index contributed by atoms with van der Waals surface area (Å²) in [5, 5.41) is 12.0. The third-order valence-corrected chi connectivity index (χ3v) is 7.73. The molecule has 0 unspecified atom stereocenters. The van der Waals surface area contributed by atoms with Gasteiger partial charge in [0.2, 0.25) is 0 Å². The molecule has 3 heterocycles. The zero-order valence-corrected chi connectivity index (χ0v) is 24.1. The van der Waals surface area contributed by atoms with E-state index in [1.165, 1.54) is 16.2 Å². The number of aliphatic carboxylic acids is 1. The van der Waals surface area contributed by atoms with E-state index < -0.39 is 5.97 Å². The lowest BCUT2D eigenvalue weighted by Crippen LogP contribution is -2.29. The molecule has 38 heavy (non-hydrogen) atoms. The van der Waals surface area contributed by atoms with Gasteiger partial charge in [-0.05, 0) is 43.4 Å². The number of pyridine rings is 1. The maximum absolute atomic E-state index is 13.4. The number of aromatic nitrogens is 2. The first-order valence-corrected chi connectivity index (χ1v) is 14.6. The molecular formula is C28H38N4O4S2. The van der Waals surface area contributed by atoms with Gasteiger partial charge < -0.3 is 10.4 Å². The van der Waals surface area contributed by atoms with E-state index in [2.05, 4.69) is 24.1 Å². The summed E-state index contributed by atoms with van der Waals surface area (Å²) in [5.74, 6) is -0.0610. The molecule has 206 valence electrons. The van der Waals surface area contributed by atoms with E-state index in [1.807, 2.05) is 19.1 Å². The Balaban J connectivity index is 1.62. The summed E-state index contributed by atoms with van der Waals surface area (Å²) in [7, 11) is 0.